The van der Waals surface area contributed by atoms with Gasteiger partial charge in [-0.3, -0.25) is 0 Å². The Hall–Kier alpha value is -5.67. The molecule has 8 aromatic rings. The summed E-state index contributed by atoms with van der Waals surface area (Å²) < 4.78 is 8.00. The minimum atomic E-state index is -0.659. The highest BCUT2D eigenvalue weighted by molar-refractivity contribution is 6.23. The Morgan fingerprint density at radius 2 is 0.934 bits per heavy atom. The predicted octanol–water partition coefficient (Wildman–Crippen LogP) is 16.9. The van der Waals surface area contributed by atoms with Crippen molar-refractivity contribution >= 4 is 49.4 Å². The lowest BCUT2D eigenvalue weighted by Gasteiger charge is -2.22. The molecule has 3 heteroatoms. The fourth-order valence-electron chi connectivity index (χ4n) is 8.94. The van der Waals surface area contributed by atoms with Gasteiger partial charge in [-0.05, 0) is 138 Å². The first kappa shape index (κ1) is 42.0. The lowest BCUT2D eigenvalue weighted by atomic mass is 9.82. The fourth-order valence-corrected chi connectivity index (χ4v) is 8.94. The van der Waals surface area contributed by atoms with Crippen LogP contribution in [0, 0.1) is 0 Å². The molecule has 0 fully saturated rings. The predicted molar refractivity (Wildman–Crippen MR) is 263 cm³/mol. The van der Waals surface area contributed by atoms with Crippen LogP contribution in [0.3, 0.4) is 0 Å². The van der Waals surface area contributed by atoms with E-state index in [1.54, 1.807) is 0 Å². The van der Waals surface area contributed by atoms with Crippen LogP contribution in [0.2, 0.25) is 0 Å². The second-order valence-corrected chi connectivity index (χ2v) is 21.6. The number of nitrogens with zero attached hydrogens (tertiary/aromatic N) is 1. The monoisotopic (exact) mass is 805 g/mol. The molecular formula is C58H63NO2. The second-order valence-electron chi connectivity index (χ2n) is 21.6. The smallest absolute Gasteiger partial charge is 0.419 e. The van der Waals surface area contributed by atoms with E-state index in [0.29, 0.717) is 0 Å². The molecule has 0 unspecified atom stereocenters. The van der Waals surface area contributed by atoms with Gasteiger partial charge in [-0.2, -0.15) is 0 Å². The van der Waals surface area contributed by atoms with Gasteiger partial charge in [0.1, 0.15) is 5.60 Å². The second kappa shape index (κ2) is 14.8. The Bertz CT molecular complexity index is 2980. The number of fused-ring (bicyclic) bond motifs is 5. The number of rotatable bonds is 4. The van der Waals surface area contributed by atoms with E-state index in [9.17, 15) is 4.79 Å². The summed E-state index contributed by atoms with van der Waals surface area (Å²) in [5.74, 6) is 0.224. The number of aromatic nitrogens is 1. The molecule has 0 aliphatic rings. The molecule has 1 aromatic heterocycles. The topological polar surface area (TPSA) is 31.2 Å². The molecule has 8 rings (SSSR count). The van der Waals surface area contributed by atoms with Crippen molar-refractivity contribution in [1.29, 1.82) is 0 Å². The summed E-state index contributed by atoms with van der Waals surface area (Å²) in [5.41, 5.74) is 13.1. The maximum absolute atomic E-state index is 14.4. The molecule has 61 heavy (non-hydrogen) atoms. The van der Waals surface area contributed by atoms with Crippen molar-refractivity contribution in [1.82, 2.24) is 4.57 Å². The summed E-state index contributed by atoms with van der Waals surface area (Å²) in [7, 11) is 0. The van der Waals surface area contributed by atoms with Crippen LogP contribution >= 0.6 is 0 Å². The molecule has 7 aromatic carbocycles. The van der Waals surface area contributed by atoms with E-state index in [1.807, 2.05) is 25.3 Å². The van der Waals surface area contributed by atoms with Gasteiger partial charge in [-0.15, -0.1) is 0 Å². The highest BCUT2D eigenvalue weighted by Crippen LogP contribution is 2.47. The van der Waals surface area contributed by atoms with Crippen molar-refractivity contribution in [3.8, 4) is 33.4 Å². The average Bonchev–Trinajstić information content (AvgIpc) is 3.52. The van der Waals surface area contributed by atoms with E-state index in [2.05, 4.69) is 197 Å². The van der Waals surface area contributed by atoms with Crippen LogP contribution in [0.1, 0.15) is 125 Å². The average molecular weight is 806 g/mol. The van der Waals surface area contributed by atoms with Gasteiger partial charge in [0, 0.05) is 10.8 Å². The molecule has 0 radical (unpaired) electrons. The summed E-state index contributed by atoms with van der Waals surface area (Å²) >= 11 is 0. The molecule has 0 aliphatic carbocycles. The molecule has 3 nitrogen and oxygen atoms in total. The molecule has 0 N–H and O–H groups in total. The maximum atomic E-state index is 14.4. The van der Waals surface area contributed by atoms with Crippen molar-refractivity contribution in [3.05, 3.63) is 144 Å². The molecule has 0 spiro atoms. The fraction of sp³-hybridized carbons (Fsp3) is 0.328. The number of hydrogen-bond acceptors (Lipinski definition) is 2. The standard InChI is InChI=1S/C58H63NO2/c1-35(2)39-32-47(53-46-30-28-42(57(9,10)11)34-49(46)59(50(53)33-39)54(60)61-58(12,13)14)38-23-29-45-48(31-38)52(37-21-26-41(27-22-37)56(6,7)8)44-18-16-15-17-43(44)51(45)36-19-24-40(25-20-36)55(3,4)5/h15-35H,1-14H3. The van der Waals surface area contributed by atoms with Gasteiger partial charge in [-0.1, -0.05) is 179 Å². The first-order valence-corrected chi connectivity index (χ1v) is 22.1. The van der Waals surface area contributed by atoms with Crippen LogP contribution in [0.15, 0.2) is 121 Å². The molecular weight excluding hydrogens is 743 g/mol. The summed E-state index contributed by atoms with van der Waals surface area (Å²) in [6.45, 7) is 30.6. The molecule has 0 bridgehead atoms. The lowest BCUT2D eigenvalue weighted by Crippen LogP contribution is -2.27. The van der Waals surface area contributed by atoms with E-state index in [4.69, 9.17) is 4.74 Å². The molecule has 0 atom stereocenters. The van der Waals surface area contributed by atoms with Crippen molar-refractivity contribution < 1.29 is 9.53 Å². The SMILES string of the molecule is CC(C)c1cc(-c2ccc3c(-c4ccc(C(C)(C)C)cc4)c4ccccc4c(-c4ccc(C(C)(C)C)cc4)c3c2)c2c3ccc(C(C)(C)C)cc3n(C(=O)OC(C)(C)C)c2c1. The quantitative estimate of drug-likeness (QED) is 0.166. The molecule has 1 heterocycles. The Balaban J connectivity index is 1.50. The Labute approximate surface area is 363 Å². The van der Waals surface area contributed by atoms with Gasteiger partial charge < -0.3 is 4.74 Å². The largest absolute Gasteiger partial charge is 0.443 e. The zero-order valence-corrected chi connectivity index (χ0v) is 38.9. The third-order valence-electron chi connectivity index (χ3n) is 12.4. The Kier molecular flexibility index (Phi) is 10.2. The summed E-state index contributed by atoms with van der Waals surface area (Å²) in [4.78, 5) is 14.4. The molecule has 0 saturated heterocycles. The summed E-state index contributed by atoms with van der Waals surface area (Å²) in [5, 5.41) is 6.96. The number of hydrogen-bond donors (Lipinski definition) is 0. The van der Waals surface area contributed by atoms with Crippen LogP contribution in [0.25, 0.3) is 76.7 Å². The lowest BCUT2D eigenvalue weighted by molar-refractivity contribution is 0.0551. The van der Waals surface area contributed by atoms with E-state index in [-0.39, 0.29) is 28.3 Å². The van der Waals surface area contributed by atoms with Gasteiger partial charge in [0.15, 0.2) is 0 Å². The van der Waals surface area contributed by atoms with Crippen molar-refractivity contribution in [2.75, 3.05) is 0 Å². The molecule has 312 valence electrons. The van der Waals surface area contributed by atoms with Gasteiger partial charge in [0.05, 0.1) is 11.0 Å². The van der Waals surface area contributed by atoms with Crippen LogP contribution in [0.4, 0.5) is 4.79 Å². The van der Waals surface area contributed by atoms with E-state index >= 15 is 0 Å². The Morgan fingerprint density at radius 3 is 1.43 bits per heavy atom. The molecule has 0 aliphatic heterocycles. The molecule has 0 amide bonds. The minimum Gasteiger partial charge on any atom is -0.443 e. The number of carbonyl (C=O) groups is 1. The van der Waals surface area contributed by atoms with Gasteiger partial charge in [-0.25, -0.2) is 9.36 Å². The van der Waals surface area contributed by atoms with Gasteiger partial charge in [0.2, 0.25) is 0 Å². The number of benzene rings is 7. The van der Waals surface area contributed by atoms with Gasteiger partial charge >= 0.3 is 6.09 Å². The maximum Gasteiger partial charge on any atom is 0.419 e. The number of carbonyl (C=O) groups excluding carboxylic acids is 1. The summed E-state index contributed by atoms with van der Waals surface area (Å²) in [6.07, 6.45) is -0.362. The third-order valence-corrected chi connectivity index (χ3v) is 12.4. The van der Waals surface area contributed by atoms with Crippen molar-refractivity contribution in [3.63, 3.8) is 0 Å². The highest BCUT2D eigenvalue weighted by atomic mass is 16.6. The van der Waals surface area contributed by atoms with E-state index in [1.165, 1.54) is 66.1 Å². The highest BCUT2D eigenvalue weighted by Gasteiger charge is 2.27. The Morgan fingerprint density at radius 1 is 0.475 bits per heavy atom. The summed E-state index contributed by atoms with van der Waals surface area (Å²) in [6, 6.07) is 45.6. The van der Waals surface area contributed by atoms with E-state index in [0.717, 1.165) is 32.9 Å². The van der Waals surface area contributed by atoms with Gasteiger partial charge in [0.25, 0.3) is 0 Å². The first-order valence-electron chi connectivity index (χ1n) is 22.1. The first-order chi connectivity index (χ1) is 28.5. The zero-order chi connectivity index (χ0) is 44.0. The van der Waals surface area contributed by atoms with Crippen LogP contribution < -0.4 is 0 Å². The van der Waals surface area contributed by atoms with Crippen molar-refractivity contribution in [2.24, 2.45) is 0 Å². The zero-order valence-electron chi connectivity index (χ0n) is 38.9. The van der Waals surface area contributed by atoms with Crippen LogP contribution in [-0.4, -0.2) is 16.3 Å². The molecule has 0 saturated carbocycles. The normalized spacial score (nSPS) is 13.0. The third kappa shape index (κ3) is 7.78. The van der Waals surface area contributed by atoms with Crippen molar-refractivity contribution in [2.45, 2.75) is 125 Å². The number of ether oxygens (including phenoxy) is 1. The van der Waals surface area contributed by atoms with Crippen LogP contribution in [-0.2, 0) is 21.0 Å². The minimum absolute atomic E-state index is 0.0395. The van der Waals surface area contributed by atoms with Crippen LogP contribution in [0.5, 0.6) is 0 Å². The van der Waals surface area contributed by atoms with E-state index < -0.39 is 5.60 Å².